The van der Waals surface area contributed by atoms with Crippen molar-refractivity contribution in [2.75, 3.05) is 27.2 Å². The van der Waals surface area contributed by atoms with Gasteiger partial charge in [0, 0.05) is 25.7 Å². The predicted octanol–water partition coefficient (Wildman–Crippen LogP) is 2.05. The Labute approximate surface area is 136 Å². The number of ether oxygens (including phenoxy) is 1. The molecular formula is C16H23N3O4. The number of nitro groups is 1. The summed E-state index contributed by atoms with van der Waals surface area (Å²) in [6.07, 6.45) is 2.12. The highest BCUT2D eigenvalue weighted by molar-refractivity contribution is 5.81. The fraction of sp³-hybridized carbons (Fsp3) is 0.562. The molecule has 0 N–H and O–H groups in total. The molecule has 0 saturated carbocycles. The largest absolute Gasteiger partial charge is 0.490 e. The number of methoxy groups -OCH3 is 1. The van der Waals surface area contributed by atoms with Crippen LogP contribution in [0.1, 0.15) is 25.3 Å². The highest BCUT2D eigenvalue weighted by Crippen LogP contribution is 2.28. The molecule has 1 fully saturated rings. The van der Waals surface area contributed by atoms with Crippen LogP contribution in [0.4, 0.5) is 5.69 Å². The van der Waals surface area contributed by atoms with Crippen LogP contribution in [0.2, 0.25) is 0 Å². The summed E-state index contributed by atoms with van der Waals surface area (Å²) >= 11 is 0. The number of likely N-dealkylation sites (N-methyl/N-ethyl adjacent to an activating group) is 1. The van der Waals surface area contributed by atoms with Crippen molar-refractivity contribution in [3.05, 3.63) is 33.9 Å². The van der Waals surface area contributed by atoms with E-state index < -0.39 is 4.92 Å². The van der Waals surface area contributed by atoms with Gasteiger partial charge < -0.3 is 9.64 Å². The van der Waals surface area contributed by atoms with Crippen LogP contribution in [0, 0.1) is 10.1 Å². The van der Waals surface area contributed by atoms with Gasteiger partial charge in [0.2, 0.25) is 5.91 Å². The van der Waals surface area contributed by atoms with E-state index in [0.717, 1.165) is 31.5 Å². The highest BCUT2D eigenvalue weighted by atomic mass is 16.6. The molecule has 126 valence electrons. The van der Waals surface area contributed by atoms with Crippen LogP contribution in [0.15, 0.2) is 18.2 Å². The lowest BCUT2D eigenvalue weighted by molar-refractivity contribution is -0.385. The van der Waals surface area contributed by atoms with E-state index in [0.29, 0.717) is 6.54 Å². The Morgan fingerprint density at radius 1 is 1.43 bits per heavy atom. The lowest BCUT2D eigenvalue weighted by Crippen LogP contribution is -2.44. The van der Waals surface area contributed by atoms with Gasteiger partial charge in [0.15, 0.2) is 5.75 Å². The van der Waals surface area contributed by atoms with Gasteiger partial charge in [-0.3, -0.25) is 19.8 Å². The van der Waals surface area contributed by atoms with E-state index in [1.807, 2.05) is 23.8 Å². The van der Waals surface area contributed by atoms with Crippen molar-refractivity contribution < 1.29 is 14.5 Å². The molecule has 23 heavy (non-hydrogen) atoms. The molecule has 1 aliphatic rings. The van der Waals surface area contributed by atoms with Gasteiger partial charge in [0.1, 0.15) is 0 Å². The quantitative estimate of drug-likeness (QED) is 0.592. The number of rotatable bonds is 6. The van der Waals surface area contributed by atoms with Crippen molar-refractivity contribution >= 4 is 11.6 Å². The zero-order valence-electron chi connectivity index (χ0n) is 13.8. The van der Waals surface area contributed by atoms with Gasteiger partial charge in [0.25, 0.3) is 0 Å². The monoisotopic (exact) mass is 321 g/mol. The fourth-order valence-electron chi connectivity index (χ4n) is 2.79. The van der Waals surface area contributed by atoms with E-state index in [9.17, 15) is 14.9 Å². The Hall–Kier alpha value is -2.15. The molecule has 7 nitrogen and oxygen atoms in total. The van der Waals surface area contributed by atoms with Crippen LogP contribution in [0.25, 0.3) is 0 Å². The van der Waals surface area contributed by atoms with E-state index in [4.69, 9.17) is 4.74 Å². The number of nitro benzene ring substituents is 1. The average Bonchev–Trinajstić information content (AvgIpc) is 3.07. The molecule has 1 aromatic carbocycles. The second-order valence-electron chi connectivity index (χ2n) is 5.89. The van der Waals surface area contributed by atoms with Gasteiger partial charge in [0.05, 0.1) is 18.1 Å². The van der Waals surface area contributed by atoms with E-state index in [2.05, 4.69) is 0 Å². The van der Waals surface area contributed by atoms with Crippen LogP contribution in [0.3, 0.4) is 0 Å². The number of amides is 1. The third kappa shape index (κ3) is 3.98. The third-order valence-corrected chi connectivity index (χ3v) is 4.31. The van der Waals surface area contributed by atoms with Crippen molar-refractivity contribution in [1.82, 2.24) is 9.80 Å². The number of likely N-dealkylation sites (tertiary alicyclic amines) is 1. The van der Waals surface area contributed by atoms with Crippen LogP contribution in [-0.2, 0) is 11.3 Å². The summed E-state index contributed by atoms with van der Waals surface area (Å²) in [5.74, 6) is 0.357. The molecule has 1 atom stereocenters. The van der Waals surface area contributed by atoms with Crippen LogP contribution in [-0.4, -0.2) is 53.9 Å². The van der Waals surface area contributed by atoms with E-state index in [1.54, 1.807) is 12.1 Å². The van der Waals surface area contributed by atoms with E-state index in [1.165, 1.54) is 13.2 Å². The Morgan fingerprint density at radius 3 is 2.65 bits per heavy atom. The molecule has 0 aliphatic carbocycles. The first kappa shape index (κ1) is 17.2. The van der Waals surface area contributed by atoms with Crippen molar-refractivity contribution in [2.45, 2.75) is 32.4 Å². The minimum Gasteiger partial charge on any atom is -0.490 e. The summed E-state index contributed by atoms with van der Waals surface area (Å²) in [5, 5.41) is 11.1. The second kappa shape index (κ2) is 7.41. The number of hydrogen-bond donors (Lipinski definition) is 0. The summed E-state index contributed by atoms with van der Waals surface area (Å²) < 4.78 is 5.00. The van der Waals surface area contributed by atoms with E-state index >= 15 is 0 Å². The molecule has 0 radical (unpaired) electrons. The number of benzene rings is 1. The summed E-state index contributed by atoms with van der Waals surface area (Å²) in [5.41, 5.74) is 0.720. The van der Waals surface area contributed by atoms with Crippen LogP contribution in [0.5, 0.6) is 5.75 Å². The summed E-state index contributed by atoms with van der Waals surface area (Å²) in [4.78, 5) is 26.8. The molecule has 1 aromatic rings. The second-order valence-corrected chi connectivity index (χ2v) is 5.89. The van der Waals surface area contributed by atoms with Crippen molar-refractivity contribution in [3.63, 3.8) is 0 Å². The minimum atomic E-state index is -0.457. The maximum Gasteiger partial charge on any atom is 0.311 e. The smallest absolute Gasteiger partial charge is 0.311 e. The molecule has 0 aromatic heterocycles. The number of carbonyl (C=O) groups is 1. The van der Waals surface area contributed by atoms with Gasteiger partial charge >= 0.3 is 5.69 Å². The minimum absolute atomic E-state index is 0.0584. The zero-order valence-corrected chi connectivity index (χ0v) is 13.8. The molecule has 1 saturated heterocycles. The standard InChI is InChI=1S/C16H23N3O4/c1-12(16(20)18-8-4-5-9-18)17(2)11-13-6-7-15(23-3)14(10-13)19(21)22/h6-7,10,12H,4-5,8-9,11H2,1-3H3/t12-/m1/s1. The van der Waals surface area contributed by atoms with Crippen molar-refractivity contribution in [1.29, 1.82) is 0 Å². The lowest BCUT2D eigenvalue weighted by Gasteiger charge is -2.28. The summed E-state index contributed by atoms with van der Waals surface area (Å²) in [6.45, 7) is 3.99. The van der Waals surface area contributed by atoms with Gasteiger partial charge in [-0.2, -0.15) is 0 Å². The molecule has 7 heteroatoms. The predicted molar refractivity (Wildman–Crippen MR) is 86.4 cm³/mol. The molecule has 2 rings (SSSR count). The zero-order chi connectivity index (χ0) is 17.0. The van der Waals surface area contributed by atoms with Gasteiger partial charge in [-0.25, -0.2) is 0 Å². The third-order valence-electron chi connectivity index (χ3n) is 4.31. The summed E-state index contributed by atoms with van der Waals surface area (Å²) in [7, 11) is 3.26. The highest BCUT2D eigenvalue weighted by Gasteiger charge is 2.26. The fourth-order valence-corrected chi connectivity index (χ4v) is 2.79. The molecule has 1 heterocycles. The van der Waals surface area contributed by atoms with Crippen LogP contribution < -0.4 is 4.74 Å². The first-order chi connectivity index (χ1) is 10.9. The molecule has 1 aliphatic heterocycles. The Morgan fingerprint density at radius 2 is 2.09 bits per heavy atom. The summed E-state index contributed by atoms with van der Waals surface area (Å²) in [6, 6.07) is 4.63. The van der Waals surface area contributed by atoms with Crippen LogP contribution >= 0.6 is 0 Å². The first-order valence-corrected chi connectivity index (χ1v) is 7.74. The molecule has 1 amide bonds. The van der Waals surface area contributed by atoms with Gasteiger partial charge in [-0.05, 0) is 38.4 Å². The number of carbonyl (C=O) groups excluding carboxylic acids is 1. The Balaban J connectivity index is 2.07. The topological polar surface area (TPSA) is 75.9 Å². The van der Waals surface area contributed by atoms with Gasteiger partial charge in [-0.1, -0.05) is 6.07 Å². The molecule has 0 spiro atoms. The first-order valence-electron chi connectivity index (χ1n) is 7.74. The molecular weight excluding hydrogens is 298 g/mol. The van der Waals surface area contributed by atoms with E-state index in [-0.39, 0.29) is 23.4 Å². The number of nitrogens with zero attached hydrogens (tertiary/aromatic N) is 3. The van der Waals surface area contributed by atoms with Gasteiger partial charge in [-0.15, -0.1) is 0 Å². The van der Waals surface area contributed by atoms with Crippen molar-refractivity contribution in [2.24, 2.45) is 0 Å². The number of hydrogen-bond acceptors (Lipinski definition) is 5. The SMILES string of the molecule is COc1ccc(CN(C)[C@H](C)C(=O)N2CCCC2)cc1[N+](=O)[O-]. The Kier molecular flexibility index (Phi) is 5.54. The average molecular weight is 321 g/mol. The molecule has 0 unspecified atom stereocenters. The normalized spacial score (nSPS) is 15.7. The Bertz CT molecular complexity index is 585. The maximum atomic E-state index is 12.4. The maximum absolute atomic E-state index is 12.4. The molecule has 0 bridgehead atoms. The lowest BCUT2D eigenvalue weighted by atomic mass is 10.1. The van der Waals surface area contributed by atoms with Crippen molar-refractivity contribution in [3.8, 4) is 5.75 Å².